The maximum Gasteiger partial charge on any atom is 0.223 e. The first-order valence-electron chi connectivity index (χ1n) is 10.4. The fourth-order valence-corrected chi connectivity index (χ4v) is 4.49. The molecule has 2 atom stereocenters. The maximum atomic E-state index is 14.3. The lowest BCUT2D eigenvalue weighted by molar-refractivity contribution is -0.00946. The van der Waals surface area contributed by atoms with Crippen LogP contribution in [0.25, 0.3) is 16.6 Å². The Morgan fingerprint density at radius 3 is 2.94 bits per heavy atom. The van der Waals surface area contributed by atoms with E-state index in [1.54, 1.807) is 10.9 Å². The highest BCUT2D eigenvalue weighted by Crippen LogP contribution is 2.43. The molecular weight excluding hydrogens is 401 g/mol. The van der Waals surface area contributed by atoms with Gasteiger partial charge in [-0.1, -0.05) is 0 Å². The number of nitrogens with zero attached hydrogens (tertiary/aromatic N) is 6. The van der Waals surface area contributed by atoms with Gasteiger partial charge in [-0.05, 0) is 38.7 Å². The van der Waals surface area contributed by atoms with Gasteiger partial charge in [0.2, 0.25) is 5.95 Å². The van der Waals surface area contributed by atoms with E-state index in [2.05, 4.69) is 15.2 Å². The van der Waals surface area contributed by atoms with Gasteiger partial charge in [-0.3, -0.25) is 4.68 Å². The van der Waals surface area contributed by atoms with Crippen molar-refractivity contribution in [2.45, 2.75) is 50.7 Å². The summed E-state index contributed by atoms with van der Waals surface area (Å²) < 4.78 is 22.6. The number of aliphatic hydroxyl groups is 1. The number of anilines is 1. The average Bonchev–Trinajstić information content (AvgIpc) is 3.42. The quantitative estimate of drug-likeness (QED) is 0.516. The van der Waals surface area contributed by atoms with Crippen LogP contribution in [0.2, 0.25) is 0 Å². The molecule has 162 valence electrons. The fraction of sp³-hybridized carbons (Fsp3) is 0.429. The van der Waals surface area contributed by atoms with Crippen LogP contribution in [0.3, 0.4) is 0 Å². The summed E-state index contributed by atoms with van der Waals surface area (Å²) in [7, 11) is 1.40. The summed E-state index contributed by atoms with van der Waals surface area (Å²) >= 11 is 0. The van der Waals surface area contributed by atoms with Crippen molar-refractivity contribution in [2.75, 3.05) is 12.8 Å². The molecule has 1 aliphatic rings. The summed E-state index contributed by atoms with van der Waals surface area (Å²) in [5.74, 6) is 0.242. The predicted molar refractivity (Wildman–Crippen MR) is 112 cm³/mol. The van der Waals surface area contributed by atoms with Gasteiger partial charge in [0, 0.05) is 35.7 Å². The molecule has 1 aliphatic carbocycles. The van der Waals surface area contributed by atoms with Crippen LogP contribution in [0.1, 0.15) is 49.9 Å². The van der Waals surface area contributed by atoms with Crippen molar-refractivity contribution >= 4 is 22.5 Å². The van der Waals surface area contributed by atoms with Gasteiger partial charge in [-0.15, -0.1) is 5.10 Å². The lowest BCUT2D eigenvalue weighted by atomic mass is 9.75. The summed E-state index contributed by atoms with van der Waals surface area (Å²) in [6.45, 7) is 2.75. The van der Waals surface area contributed by atoms with E-state index in [9.17, 15) is 9.50 Å². The zero-order chi connectivity index (χ0) is 21.8. The van der Waals surface area contributed by atoms with Gasteiger partial charge in [0.1, 0.15) is 0 Å². The molecule has 4 aromatic rings. The van der Waals surface area contributed by atoms with E-state index in [-0.39, 0.29) is 17.6 Å². The van der Waals surface area contributed by atoms with Gasteiger partial charge in [-0.25, -0.2) is 14.4 Å². The molecule has 1 saturated carbocycles. The minimum Gasteiger partial charge on any atom is -0.494 e. The first-order chi connectivity index (χ1) is 14.9. The highest BCUT2D eigenvalue weighted by atomic mass is 19.1. The number of nitrogens with two attached hydrogens (primary N) is 1. The molecule has 2 unspecified atom stereocenters. The average molecular weight is 425 g/mol. The first kappa shape index (κ1) is 19.7. The standard InChI is InChI=1S/C21H24FN7O2/c1-3-28-11-13(10-24-28)21(30)6-4-5-12(9-21)18-26-19-14-7-15(22)17(31-2)8-16(14)25-20(23)29(19)27-18/h7-8,10-12,30H,3-6,9H2,1-2H3,(H2,23,25). The number of hydrogen-bond acceptors (Lipinski definition) is 7. The van der Waals surface area contributed by atoms with Crippen LogP contribution < -0.4 is 10.5 Å². The molecule has 0 saturated heterocycles. The molecule has 0 aliphatic heterocycles. The second kappa shape index (κ2) is 7.16. The molecule has 5 rings (SSSR count). The lowest BCUT2D eigenvalue weighted by Crippen LogP contribution is -2.32. The molecule has 3 aromatic heterocycles. The molecule has 0 amide bonds. The summed E-state index contributed by atoms with van der Waals surface area (Å²) in [5, 5.41) is 20.7. The van der Waals surface area contributed by atoms with Crippen molar-refractivity contribution in [2.24, 2.45) is 0 Å². The maximum absolute atomic E-state index is 14.3. The molecule has 10 heteroatoms. The van der Waals surface area contributed by atoms with Crippen molar-refractivity contribution in [3.05, 3.63) is 41.7 Å². The van der Waals surface area contributed by atoms with Gasteiger partial charge < -0.3 is 15.6 Å². The number of nitrogen functional groups attached to an aromatic ring is 1. The lowest BCUT2D eigenvalue weighted by Gasteiger charge is -2.35. The van der Waals surface area contributed by atoms with Crippen molar-refractivity contribution < 1.29 is 14.2 Å². The molecule has 9 nitrogen and oxygen atoms in total. The molecule has 3 N–H and O–H groups in total. The summed E-state index contributed by atoms with van der Waals surface area (Å²) in [5.41, 5.74) is 6.85. The molecule has 1 fully saturated rings. The van der Waals surface area contributed by atoms with E-state index >= 15 is 0 Å². The van der Waals surface area contributed by atoms with Crippen molar-refractivity contribution in [3.8, 4) is 5.75 Å². The number of fused-ring (bicyclic) bond motifs is 3. The van der Waals surface area contributed by atoms with Crippen LogP contribution in [-0.4, -0.2) is 41.6 Å². The molecule has 31 heavy (non-hydrogen) atoms. The second-order valence-electron chi connectivity index (χ2n) is 8.09. The van der Waals surface area contributed by atoms with E-state index in [0.717, 1.165) is 24.9 Å². The number of aromatic nitrogens is 6. The fourth-order valence-electron chi connectivity index (χ4n) is 4.49. The number of aryl methyl sites for hydroxylation is 1. The van der Waals surface area contributed by atoms with Gasteiger partial charge in [-0.2, -0.15) is 9.61 Å². The number of rotatable bonds is 4. The van der Waals surface area contributed by atoms with Crippen LogP contribution in [0, 0.1) is 5.82 Å². The summed E-state index contributed by atoms with van der Waals surface area (Å²) in [6.07, 6.45) is 6.43. The van der Waals surface area contributed by atoms with Crippen molar-refractivity contribution in [1.82, 2.24) is 29.4 Å². The topological polar surface area (TPSA) is 116 Å². The SMILES string of the molecule is CCn1cc(C2(O)CCCC(c3nc4c5cc(F)c(OC)cc5nc(N)n4n3)C2)cn1. The Morgan fingerprint density at radius 1 is 1.35 bits per heavy atom. The monoisotopic (exact) mass is 425 g/mol. The zero-order valence-electron chi connectivity index (χ0n) is 17.4. The van der Waals surface area contributed by atoms with Gasteiger partial charge in [0.15, 0.2) is 23.0 Å². The largest absolute Gasteiger partial charge is 0.494 e. The van der Waals surface area contributed by atoms with Crippen LogP contribution in [-0.2, 0) is 12.1 Å². The van der Waals surface area contributed by atoms with Gasteiger partial charge >= 0.3 is 0 Å². The van der Waals surface area contributed by atoms with E-state index in [0.29, 0.717) is 35.2 Å². The third-order valence-electron chi connectivity index (χ3n) is 6.17. The minimum atomic E-state index is -0.987. The van der Waals surface area contributed by atoms with Crippen LogP contribution in [0.15, 0.2) is 24.5 Å². The Kier molecular flexibility index (Phi) is 4.54. The van der Waals surface area contributed by atoms with Gasteiger partial charge in [0.05, 0.1) is 24.4 Å². The predicted octanol–water partition coefficient (Wildman–Crippen LogP) is 2.77. The number of benzene rings is 1. The summed E-state index contributed by atoms with van der Waals surface area (Å²) in [6, 6.07) is 2.84. The van der Waals surface area contributed by atoms with E-state index in [1.807, 2.05) is 13.1 Å². The minimum absolute atomic E-state index is 0.0684. The van der Waals surface area contributed by atoms with Crippen LogP contribution in [0.5, 0.6) is 5.75 Å². The number of halogens is 1. The molecule has 0 radical (unpaired) electrons. The normalized spacial score (nSPS) is 21.7. The Labute approximate surface area is 177 Å². The van der Waals surface area contributed by atoms with E-state index < -0.39 is 11.4 Å². The Balaban J connectivity index is 1.56. The van der Waals surface area contributed by atoms with Crippen LogP contribution >= 0.6 is 0 Å². The number of hydrogen-bond donors (Lipinski definition) is 2. The summed E-state index contributed by atoms with van der Waals surface area (Å²) in [4.78, 5) is 9.03. The van der Waals surface area contributed by atoms with Crippen molar-refractivity contribution in [1.29, 1.82) is 0 Å². The highest BCUT2D eigenvalue weighted by Gasteiger charge is 2.39. The molecule has 1 aromatic carbocycles. The number of ether oxygens (including phenoxy) is 1. The Bertz CT molecular complexity index is 1280. The third kappa shape index (κ3) is 3.18. The van der Waals surface area contributed by atoms with Gasteiger partial charge in [0.25, 0.3) is 0 Å². The third-order valence-corrected chi connectivity index (χ3v) is 6.17. The smallest absolute Gasteiger partial charge is 0.223 e. The van der Waals surface area contributed by atoms with E-state index in [4.69, 9.17) is 15.5 Å². The Morgan fingerprint density at radius 2 is 2.19 bits per heavy atom. The van der Waals surface area contributed by atoms with Crippen LogP contribution in [0.4, 0.5) is 10.3 Å². The molecular formula is C21H24FN7O2. The molecule has 0 spiro atoms. The van der Waals surface area contributed by atoms with E-state index in [1.165, 1.54) is 23.8 Å². The molecule has 3 heterocycles. The Hall–Kier alpha value is -3.27. The second-order valence-corrected chi connectivity index (χ2v) is 8.09. The van der Waals surface area contributed by atoms with Crippen molar-refractivity contribution in [3.63, 3.8) is 0 Å². The molecule has 0 bridgehead atoms. The first-order valence-corrected chi connectivity index (χ1v) is 10.4. The highest BCUT2D eigenvalue weighted by molar-refractivity contribution is 5.93. The zero-order valence-corrected chi connectivity index (χ0v) is 17.4. The number of methoxy groups -OCH3 is 1.